The van der Waals surface area contributed by atoms with E-state index in [1.165, 1.54) is 12.3 Å². The fraction of sp³-hybridized carbons (Fsp3) is 0.429. The van der Waals surface area contributed by atoms with Crippen LogP contribution in [0.4, 0.5) is 24.5 Å². The van der Waals surface area contributed by atoms with Gasteiger partial charge in [-0.05, 0) is 55.1 Å². The van der Waals surface area contributed by atoms with Gasteiger partial charge < -0.3 is 15.5 Å². The number of benzene rings is 1. The second kappa shape index (κ2) is 8.02. The van der Waals surface area contributed by atoms with Crippen LogP contribution < -0.4 is 10.6 Å². The Morgan fingerprint density at radius 2 is 2.10 bits per heavy atom. The lowest BCUT2D eigenvalue weighted by atomic mass is 9.94. The molecule has 1 unspecified atom stereocenters. The number of nitrogens with zero attached hydrogens (tertiary/aromatic N) is 2. The number of hydrogen-bond donors (Lipinski definition) is 2. The molecular formula is C21H23F3N4O. The minimum Gasteiger partial charge on any atom is -0.354 e. The predicted molar refractivity (Wildman–Crippen MR) is 104 cm³/mol. The SMILES string of the molecule is O=C(C1CCCNC1)N1CCc2c(cccc2Nc2ccc(C(F)(F)F)nc2)C1. The second-order valence-corrected chi connectivity index (χ2v) is 7.55. The summed E-state index contributed by atoms with van der Waals surface area (Å²) in [6.07, 6.45) is -0.600. The Morgan fingerprint density at radius 1 is 1.24 bits per heavy atom. The maximum absolute atomic E-state index is 12.8. The van der Waals surface area contributed by atoms with Gasteiger partial charge >= 0.3 is 6.18 Å². The van der Waals surface area contributed by atoms with Crippen molar-refractivity contribution in [1.82, 2.24) is 15.2 Å². The van der Waals surface area contributed by atoms with Gasteiger partial charge in [-0.2, -0.15) is 13.2 Å². The molecule has 1 saturated heterocycles. The Morgan fingerprint density at radius 3 is 2.79 bits per heavy atom. The Bertz CT molecular complexity index is 876. The normalized spacial score (nSPS) is 19.6. The molecule has 154 valence electrons. The van der Waals surface area contributed by atoms with E-state index in [1.54, 1.807) is 0 Å². The number of anilines is 2. The summed E-state index contributed by atoms with van der Waals surface area (Å²) < 4.78 is 38.1. The van der Waals surface area contributed by atoms with E-state index in [2.05, 4.69) is 15.6 Å². The molecule has 1 fully saturated rings. The van der Waals surface area contributed by atoms with Gasteiger partial charge in [-0.25, -0.2) is 4.98 Å². The monoisotopic (exact) mass is 404 g/mol. The van der Waals surface area contributed by atoms with Crippen LogP contribution in [0.5, 0.6) is 0 Å². The minimum absolute atomic E-state index is 0.0461. The smallest absolute Gasteiger partial charge is 0.354 e. The summed E-state index contributed by atoms with van der Waals surface area (Å²) in [4.78, 5) is 18.2. The third kappa shape index (κ3) is 4.37. The molecule has 2 aliphatic rings. The lowest BCUT2D eigenvalue weighted by Crippen LogP contribution is -2.44. The number of nitrogens with one attached hydrogen (secondary N) is 2. The number of carbonyl (C=O) groups is 1. The minimum atomic E-state index is -4.45. The van der Waals surface area contributed by atoms with Crippen LogP contribution in [0.25, 0.3) is 0 Å². The molecule has 1 amide bonds. The van der Waals surface area contributed by atoms with Crippen LogP contribution in [-0.2, 0) is 23.9 Å². The lowest BCUT2D eigenvalue weighted by Gasteiger charge is -2.34. The molecule has 2 aliphatic heterocycles. The van der Waals surface area contributed by atoms with Gasteiger partial charge in [0.15, 0.2) is 0 Å². The average Bonchev–Trinajstić information content (AvgIpc) is 2.73. The highest BCUT2D eigenvalue weighted by Gasteiger charge is 2.32. The van der Waals surface area contributed by atoms with Gasteiger partial charge in [0.2, 0.25) is 5.91 Å². The molecule has 0 aliphatic carbocycles. The summed E-state index contributed by atoms with van der Waals surface area (Å²) >= 11 is 0. The van der Waals surface area contributed by atoms with Crippen molar-refractivity contribution < 1.29 is 18.0 Å². The van der Waals surface area contributed by atoms with Crippen molar-refractivity contribution in [3.63, 3.8) is 0 Å². The van der Waals surface area contributed by atoms with E-state index in [9.17, 15) is 18.0 Å². The molecule has 5 nitrogen and oxygen atoms in total. The van der Waals surface area contributed by atoms with Gasteiger partial charge in [-0.3, -0.25) is 4.79 Å². The van der Waals surface area contributed by atoms with Gasteiger partial charge in [0.05, 0.1) is 17.8 Å². The van der Waals surface area contributed by atoms with Crippen LogP contribution in [-0.4, -0.2) is 35.4 Å². The molecular weight excluding hydrogens is 381 g/mol. The molecule has 8 heteroatoms. The van der Waals surface area contributed by atoms with Gasteiger partial charge in [0, 0.05) is 25.3 Å². The molecule has 1 aromatic heterocycles. The van der Waals surface area contributed by atoms with E-state index in [0.717, 1.165) is 48.8 Å². The molecule has 29 heavy (non-hydrogen) atoms. The molecule has 2 N–H and O–H groups in total. The summed E-state index contributed by atoms with van der Waals surface area (Å²) in [6, 6.07) is 8.15. The molecule has 1 atom stereocenters. The Labute approximate surface area is 167 Å². The highest BCUT2D eigenvalue weighted by molar-refractivity contribution is 5.80. The van der Waals surface area contributed by atoms with Crippen molar-refractivity contribution >= 4 is 17.3 Å². The van der Waals surface area contributed by atoms with E-state index in [0.29, 0.717) is 25.2 Å². The largest absolute Gasteiger partial charge is 0.433 e. The maximum atomic E-state index is 12.8. The van der Waals surface area contributed by atoms with Gasteiger partial charge in [0.25, 0.3) is 0 Å². The van der Waals surface area contributed by atoms with Crippen molar-refractivity contribution in [2.24, 2.45) is 5.92 Å². The van der Waals surface area contributed by atoms with E-state index in [1.807, 2.05) is 23.1 Å². The Hall–Kier alpha value is -2.61. The molecule has 3 heterocycles. The van der Waals surface area contributed by atoms with E-state index < -0.39 is 11.9 Å². The summed E-state index contributed by atoms with van der Waals surface area (Å²) in [5.41, 5.74) is 2.59. The molecule has 0 radical (unpaired) electrons. The van der Waals surface area contributed by atoms with Gasteiger partial charge in [-0.15, -0.1) is 0 Å². The Balaban J connectivity index is 1.47. The van der Waals surface area contributed by atoms with Crippen LogP contribution in [0.15, 0.2) is 36.5 Å². The highest BCUT2D eigenvalue weighted by atomic mass is 19.4. The summed E-state index contributed by atoms with van der Waals surface area (Å²) in [5, 5.41) is 6.46. The molecule has 2 aromatic rings. The number of pyridine rings is 1. The topological polar surface area (TPSA) is 57.3 Å². The number of rotatable bonds is 3. The van der Waals surface area contributed by atoms with Crippen molar-refractivity contribution in [2.75, 3.05) is 25.0 Å². The van der Waals surface area contributed by atoms with Crippen LogP contribution in [0, 0.1) is 5.92 Å². The number of fused-ring (bicyclic) bond motifs is 1. The molecule has 0 bridgehead atoms. The standard InChI is InChI=1S/C21H23F3N4O/c22-21(23,24)19-7-6-16(12-26-19)27-18-5-1-3-15-13-28(10-8-17(15)18)20(29)14-4-2-9-25-11-14/h1,3,5-7,12,14,25,27H,2,4,8-11,13H2. The zero-order valence-electron chi connectivity index (χ0n) is 15.9. The predicted octanol–water partition coefficient (Wildman–Crippen LogP) is 3.73. The van der Waals surface area contributed by atoms with E-state index in [4.69, 9.17) is 0 Å². The number of aromatic nitrogens is 1. The number of piperidine rings is 1. The van der Waals surface area contributed by atoms with Crippen molar-refractivity contribution in [2.45, 2.75) is 32.0 Å². The highest BCUT2D eigenvalue weighted by Crippen LogP contribution is 2.31. The fourth-order valence-electron chi connectivity index (χ4n) is 4.03. The summed E-state index contributed by atoms with van der Waals surface area (Å²) in [6.45, 7) is 2.92. The van der Waals surface area contributed by atoms with Crippen LogP contribution in [0.1, 0.15) is 29.7 Å². The molecule has 0 saturated carbocycles. The first-order valence-corrected chi connectivity index (χ1v) is 9.82. The van der Waals surface area contributed by atoms with Crippen LogP contribution in [0.3, 0.4) is 0 Å². The van der Waals surface area contributed by atoms with Gasteiger partial charge in [0.1, 0.15) is 5.69 Å². The van der Waals surface area contributed by atoms with E-state index >= 15 is 0 Å². The summed E-state index contributed by atoms with van der Waals surface area (Å²) in [5.74, 6) is 0.248. The lowest BCUT2D eigenvalue weighted by molar-refractivity contribution is -0.141. The van der Waals surface area contributed by atoms with Crippen LogP contribution >= 0.6 is 0 Å². The zero-order chi connectivity index (χ0) is 20.4. The number of carbonyl (C=O) groups excluding carboxylic acids is 1. The number of amides is 1. The first kappa shape index (κ1) is 19.7. The zero-order valence-corrected chi connectivity index (χ0v) is 15.9. The first-order valence-electron chi connectivity index (χ1n) is 9.82. The molecule has 4 rings (SSSR count). The van der Waals surface area contributed by atoms with Crippen molar-refractivity contribution in [1.29, 1.82) is 0 Å². The second-order valence-electron chi connectivity index (χ2n) is 7.55. The van der Waals surface area contributed by atoms with Crippen LogP contribution in [0.2, 0.25) is 0 Å². The maximum Gasteiger partial charge on any atom is 0.433 e. The fourth-order valence-corrected chi connectivity index (χ4v) is 4.03. The number of alkyl halides is 3. The number of hydrogen-bond acceptors (Lipinski definition) is 4. The average molecular weight is 404 g/mol. The van der Waals surface area contributed by atoms with Crippen molar-refractivity contribution in [3.8, 4) is 0 Å². The van der Waals surface area contributed by atoms with Gasteiger partial charge in [-0.1, -0.05) is 12.1 Å². The molecule has 0 spiro atoms. The molecule has 1 aromatic carbocycles. The van der Waals surface area contributed by atoms with Crippen molar-refractivity contribution in [3.05, 3.63) is 53.3 Å². The third-order valence-electron chi connectivity index (χ3n) is 5.56. The third-order valence-corrected chi connectivity index (χ3v) is 5.56. The summed E-state index contributed by atoms with van der Waals surface area (Å²) in [7, 11) is 0. The number of halogens is 3. The Kier molecular flexibility index (Phi) is 5.45. The quantitative estimate of drug-likeness (QED) is 0.819. The van der Waals surface area contributed by atoms with E-state index in [-0.39, 0.29) is 11.8 Å². The first-order chi connectivity index (χ1) is 13.9.